The lowest BCUT2D eigenvalue weighted by atomic mass is 9.85. The highest BCUT2D eigenvalue weighted by Crippen LogP contribution is 2.42. The third kappa shape index (κ3) is 4.30. The number of aliphatic hydroxyl groups is 2. The molecule has 0 bridgehead atoms. The number of nitrogens with two attached hydrogens (primary N) is 1. The van der Waals surface area contributed by atoms with Crippen molar-refractivity contribution in [1.82, 2.24) is 0 Å². The second kappa shape index (κ2) is 9.66. The van der Waals surface area contributed by atoms with E-state index in [1.54, 1.807) is 30.3 Å². The summed E-state index contributed by atoms with van der Waals surface area (Å²) in [5.74, 6) is 0. The zero-order valence-corrected chi connectivity index (χ0v) is 18.7. The lowest BCUT2D eigenvalue weighted by Gasteiger charge is -2.47. The van der Waals surface area contributed by atoms with Gasteiger partial charge in [0.05, 0.1) is 23.4 Å². The lowest BCUT2D eigenvalue weighted by molar-refractivity contribution is -0.327. The van der Waals surface area contributed by atoms with Gasteiger partial charge in [0.1, 0.15) is 42.7 Å². The minimum atomic E-state index is -1.39. The molecule has 0 radical (unpaired) electrons. The first-order chi connectivity index (χ1) is 15.9. The lowest BCUT2D eigenvalue weighted by Crippen LogP contribution is -2.60. The van der Waals surface area contributed by atoms with E-state index in [1.807, 2.05) is 13.0 Å². The molecule has 172 valence electrons. The maximum atomic E-state index is 11.0. The number of ether oxygens (including phenoxy) is 3. The number of hydrogen-bond acceptors (Lipinski definition) is 8. The Morgan fingerprint density at radius 3 is 2.42 bits per heavy atom. The van der Waals surface area contributed by atoms with E-state index in [0.717, 1.165) is 6.42 Å². The van der Waals surface area contributed by atoms with E-state index in [0.29, 0.717) is 22.6 Å². The molecular formula is C24H24ClN3O5. The highest BCUT2D eigenvalue weighted by molar-refractivity contribution is 6.30. The van der Waals surface area contributed by atoms with Gasteiger partial charge in [-0.15, -0.1) is 0 Å². The van der Waals surface area contributed by atoms with Crippen LogP contribution in [0.25, 0.3) is 11.1 Å². The SMILES string of the molecule is CCCC1OC[C@H]2O[C@@H](c3cc(-c4ccc(Cl)cc4)c(C#N)c(N)c3C#N)[C@H](O)[C@@H](O)[C@@H]2O1. The number of nitrogens with zero attached hydrogens (tertiary/aromatic N) is 2. The average Bonchev–Trinajstić information content (AvgIpc) is 2.82. The van der Waals surface area contributed by atoms with E-state index in [4.69, 9.17) is 31.5 Å². The van der Waals surface area contributed by atoms with Gasteiger partial charge in [0, 0.05) is 16.1 Å². The molecule has 33 heavy (non-hydrogen) atoms. The Balaban J connectivity index is 1.76. The molecule has 2 aliphatic rings. The Morgan fingerprint density at radius 1 is 1.09 bits per heavy atom. The molecule has 0 aliphatic carbocycles. The first-order valence-corrected chi connectivity index (χ1v) is 11.1. The van der Waals surface area contributed by atoms with Gasteiger partial charge >= 0.3 is 0 Å². The molecule has 2 aromatic carbocycles. The number of nitriles is 2. The van der Waals surface area contributed by atoms with Crippen LogP contribution in [0, 0.1) is 22.7 Å². The zero-order chi connectivity index (χ0) is 23.7. The fourth-order valence-electron chi connectivity index (χ4n) is 4.36. The van der Waals surface area contributed by atoms with Gasteiger partial charge in [-0.2, -0.15) is 10.5 Å². The fraction of sp³-hybridized carbons (Fsp3) is 0.417. The van der Waals surface area contributed by atoms with Crippen molar-refractivity contribution in [3.63, 3.8) is 0 Å². The van der Waals surface area contributed by atoms with E-state index in [9.17, 15) is 20.7 Å². The van der Waals surface area contributed by atoms with Crippen LogP contribution in [-0.4, -0.2) is 47.5 Å². The van der Waals surface area contributed by atoms with Gasteiger partial charge in [-0.1, -0.05) is 37.1 Å². The van der Waals surface area contributed by atoms with Crippen LogP contribution in [0.2, 0.25) is 5.02 Å². The quantitative estimate of drug-likeness (QED) is 0.580. The topological polar surface area (TPSA) is 142 Å². The van der Waals surface area contributed by atoms with E-state index >= 15 is 0 Å². The second-order valence-electron chi connectivity index (χ2n) is 8.14. The average molecular weight is 470 g/mol. The molecule has 0 aromatic heterocycles. The van der Waals surface area contributed by atoms with Crippen LogP contribution in [0.5, 0.6) is 0 Å². The molecule has 4 N–H and O–H groups in total. The Labute approximate surface area is 196 Å². The molecule has 6 atom stereocenters. The third-order valence-electron chi connectivity index (χ3n) is 6.05. The number of rotatable bonds is 4. The number of anilines is 1. The molecule has 4 rings (SSSR count). The number of halogens is 1. The molecule has 0 saturated carbocycles. The van der Waals surface area contributed by atoms with Crippen molar-refractivity contribution in [1.29, 1.82) is 10.5 Å². The normalized spacial score (nSPS) is 29.0. The minimum absolute atomic E-state index is 0.0143. The summed E-state index contributed by atoms with van der Waals surface area (Å²) in [6.07, 6.45) is -4.12. The highest BCUT2D eigenvalue weighted by Gasteiger charge is 2.49. The van der Waals surface area contributed by atoms with E-state index in [2.05, 4.69) is 6.07 Å². The molecule has 8 nitrogen and oxygen atoms in total. The van der Waals surface area contributed by atoms with Gasteiger partial charge in [0.2, 0.25) is 0 Å². The minimum Gasteiger partial charge on any atom is -0.397 e. The summed E-state index contributed by atoms with van der Waals surface area (Å²) in [4.78, 5) is 0. The highest BCUT2D eigenvalue weighted by atomic mass is 35.5. The molecule has 2 fully saturated rings. The molecule has 2 aromatic rings. The smallest absolute Gasteiger partial charge is 0.158 e. The van der Waals surface area contributed by atoms with Crippen molar-refractivity contribution in [2.45, 2.75) is 56.6 Å². The summed E-state index contributed by atoms with van der Waals surface area (Å²) in [5, 5.41) is 41.9. The number of hydrogen-bond donors (Lipinski definition) is 3. The maximum absolute atomic E-state index is 11.0. The van der Waals surface area contributed by atoms with Crippen LogP contribution >= 0.6 is 11.6 Å². The molecule has 9 heteroatoms. The standard InChI is InChI=1S/C24H24ClN3O5/c1-2-3-19-31-11-18-24(33-19)22(30)21(29)23(32-18)15-8-14(12-4-6-13(25)7-5-12)16(9-26)20(28)17(15)10-27/h4-8,18-19,21-24,29-30H,2-3,11,28H2,1H3/t18-,19?,21-,22-,23+,24-/m1/s1. The molecular weight excluding hydrogens is 446 g/mol. The van der Waals surface area contributed by atoms with Gasteiger partial charge in [0.15, 0.2) is 6.29 Å². The van der Waals surface area contributed by atoms with Gasteiger partial charge in [-0.05, 0) is 30.2 Å². The second-order valence-corrected chi connectivity index (χ2v) is 8.57. The van der Waals surface area contributed by atoms with Crippen LogP contribution in [-0.2, 0) is 14.2 Å². The Hall–Kier alpha value is -2.69. The largest absolute Gasteiger partial charge is 0.397 e. The molecule has 1 unspecified atom stereocenters. The molecule has 0 spiro atoms. The van der Waals surface area contributed by atoms with Crippen LogP contribution in [0.1, 0.15) is 42.6 Å². The van der Waals surface area contributed by atoms with Crippen molar-refractivity contribution in [2.75, 3.05) is 12.3 Å². The number of nitrogen functional groups attached to an aromatic ring is 1. The Bertz CT molecular complexity index is 1110. The number of aliphatic hydroxyl groups excluding tert-OH is 2. The summed E-state index contributed by atoms with van der Waals surface area (Å²) in [5.41, 5.74) is 7.75. The Morgan fingerprint density at radius 2 is 1.79 bits per heavy atom. The monoisotopic (exact) mass is 469 g/mol. The molecule has 2 aliphatic heterocycles. The first kappa shape index (κ1) is 23.5. The summed E-state index contributed by atoms with van der Waals surface area (Å²) in [6.45, 7) is 2.17. The van der Waals surface area contributed by atoms with E-state index in [1.165, 1.54) is 0 Å². The van der Waals surface area contributed by atoms with Crippen molar-refractivity contribution >= 4 is 17.3 Å². The van der Waals surface area contributed by atoms with Crippen molar-refractivity contribution < 1.29 is 24.4 Å². The molecule has 2 heterocycles. The maximum Gasteiger partial charge on any atom is 0.158 e. The fourth-order valence-corrected chi connectivity index (χ4v) is 4.48. The van der Waals surface area contributed by atoms with Gasteiger partial charge < -0.3 is 30.2 Å². The van der Waals surface area contributed by atoms with Gasteiger partial charge in [0.25, 0.3) is 0 Å². The first-order valence-electron chi connectivity index (χ1n) is 10.7. The van der Waals surface area contributed by atoms with E-state index < -0.39 is 36.8 Å². The van der Waals surface area contributed by atoms with Crippen molar-refractivity contribution in [3.8, 4) is 23.3 Å². The summed E-state index contributed by atoms with van der Waals surface area (Å²) in [7, 11) is 0. The van der Waals surface area contributed by atoms with Crippen LogP contribution in [0.15, 0.2) is 30.3 Å². The number of benzene rings is 2. The van der Waals surface area contributed by atoms with E-state index in [-0.39, 0.29) is 29.0 Å². The molecule has 0 amide bonds. The number of fused-ring (bicyclic) bond motifs is 1. The van der Waals surface area contributed by atoms with Crippen molar-refractivity contribution in [3.05, 3.63) is 52.0 Å². The van der Waals surface area contributed by atoms with Gasteiger partial charge in [-0.25, -0.2) is 0 Å². The molecule has 2 saturated heterocycles. The third-order valence-corrected chi connectivity index (χ3v) is 6.30. The summed E-state index contributed by atoms with van der Waals surface area (Å²) >= 11 is 6.00. The predicted octanol–water partition coefficient (Wildman–Crippen LogP) is 3.04. The van der Waals surface area contributed by atoms with Crippen molar-refractivity contribution in [2.24, 2.45) is 0 Å². The zero-order valence-electron chi connectivity index (χ0n) is 17.9. The summed E-state index contributed by atoms with van der Waals surface area (Å²) < 4.78 is 17.6. The summed E-state index contributed by atoms with van der Waals surface area (Å²) in [6, 6.07) is 12.5. The van der Waals surface area contributed by atoms with Crippen LogP contribution < -0.4 is 5.73 Å². The van der Waals surface area contributed by atoms with Crippen LogP contribution in [0.3, 0.4) is 0 Å². The Kier molecular flexibility index (Phi) is 6.87. The predicted molar refractivity (Wildman–Crippen MR) is 120 cm³/mol. The van der Waals surface area contributed by atoms with Gasteiger partial charge in [-0.3, -0.25) is 0 Å². The van der Waals surface area contributed by atoms with Crippen LogP contribution in [0.4, 0.5) is 5.69 Å².